The normalized spacial score (nSPS) is 11.5. The molecule has 0 N–H and O–H groups in total. The monoisotopic (exact) mass is 354 g/mol. The van der Waals surface area contributed by atoms with Crippen LogP contribution in [0.15, 0.2) is 35.1 Å². The number of nitrogens with zero attached hydrogens (tertiary/aromatic N) is 2. The van der Waals surface area contributed by atoms with E-state index in [2.05, 4.69) is 21.0 Å². The number of rotatable bonds is 3. The smallest absolute Gasteiger partial charge is 0.319 e. The van der Waals surface area contributed by atoms with E-state index in [4.69, 9.17) is 4.84 Å². The van der Waals surface area contributed by atoms with Crippen LogP contribution in [0.25, 0.3) is 11.1 Å². The maximum absolute atomic E-state index is 13.9. The second-order valence-corrected chi connectivity index (χ2v) is 6.87. The highest BCUT2D eigenvalue weighted by atomic mass is 79.9. The maximum atomic E-state index is 13.9. The zero-order chi connectivity index (χ0) is 15.6. The number of hydrogen-bond donors (Lipinski definition) is 0. The summed E-state index contributed by atoms with van der Waals surface area (Å²) in [5, 5.41) is 3.92. The standard InChI is InChI=1S/C15H16BrFN2O2/c1-15(2,3)7-14(20)21-19-9-10(8-18-19)12-5-4-11(16)6-13(12)17/h4-6,8-9H,7H2,1-3H3. The Morgan fingerprint density at radius 3 is 2.76 bits per heavy atom. The van der Waals surface area contributed by atoms with Gasteiger partial charge in [0.25, 0.3) is 0 Å². The summed E-state index contributed by atoms with van der Waals surface area (Å²) in [4.78, 5) is 17.9. The highest BCUT2D eigenvalue weighted by molar-refractivity contribution is 9.10. The predicted molar refractivity (Wildman–Crippen MR) is 81.0 cm³/mol. The van der Waals surface area contributed by atoms with Crippen molar-refractivity contribution in [1.82, 2.24) is 9.94 Å². The lowest BCUT2D eigenvalue weighted by Crippen LogP contribution is -2.24. The highest BCUT2D eigenvalue weighted by Gasteiger charge is 2.18. The molecule has 2 aromatic rings. The van der Waals surface area contributed by atoms with Crippen LogP contribution in [0.5, 0.6) is 0 Å². The van der Waals surface area contributed by atoms with Crippen LogP contribution < -0.4 is 4.84 Å². The first-order chi connectivity index (χ1) is 9.74. The van der Waals surface area contributed by atoms with Gasteiger partial charge in [-0.2, -0.15) is 0 Å². The van der Waals surface area contributed by atoms with E-state index in [0.29, 0.717) is 15.6 Å². The molecule has 112 valence electrons. The quantitative estimate of drug-likeness (QED) is 0.840. The molecular formula is C15H16BrFN2O2. The fourth-order valence-electron chi connectivity index (χ4n) is 1.79. The molecule has 0 unspecified atom stereocenters. The van der Waals surface area contributed by atoms with Gasteiger partial charge in [-0.15, -0.1) is 5.10 Å². The van der Waals surface area contributed by atoms with E-state index in [-0.39, 0.29) is 23.6 Å². The Hall–Kier alpha value is -1.69. The van der Waals surface area contributed by atoms with Crippen LogP contribution in [0.1, 0.15) is 27.2 Å². The van der Waals surface area contributed by atoms with Crippen molar-refractivity contribution in [2.45, 2.75) is 27.2 Å². The topological polar surface area (TPSA) is 44.1 Å². The molecule has 0 spiro atoms. The lowest BCUT2D eigenvalue weighted by Gasteiger charge is -2.15. The summed E-state index contributed by atoms with van der Waals surface area (Å²) in [7, 11) is 0. The first kappa shape index (κ1) is 15.7. The summed E-state index contributed by atoms with van der Waals surface area (Å²) in [6.07, 6.45) is 3.21. The van der Waals surface area contributed by atoms with E-state index in [1.807, 2.05) is 20.8 Å². The number of aromatic nitrogens is 2. The first-order valence-electron chi connectivity index (χ1n) is 6.46. The summed E-state index contributed by atoms with van der Waals surface area (Å²) in [6.45, 7) is 5.83. The minimum atomic E-state index is -0.381. The van der Waals surface area contributed by atoms with Gasteiger partial charge in [-0.25, -0.2) is 9.18 Å². The van der Waals surface area contributed by atoms with E-state index in [1.165, 1.54) is 18.5 Å². The summed E-state index contributed by atoms with van der Waals surface area (Å²) in [5.74, 6) is -0.752. The average Bonchev–Trinajstić information content (AvgIpc) is 2.74. The van der Waals surface area contributed by atoms with E-state index in [0.717, 1.165) is 4.85 Å². The Bertz CT molecular complexity index is 662. The molecule has 21 heavy (non-hydrogen) atoms. The Balaban J connectivity index is 2.13. The molecule has 0 amide bonds. The molecule has 1 heterocycles. The lowest BCUT2D eigenvalue weighted by atomic mass is 9.93. The summed E-state index contributed by atoms with van der Waals surface area (Å²) >= 11 is 3.20. The van der Waals surface area contributed by atoms with E-state index in [9.17, 15) is 9.18 Å². The van der Waals surface area contributed by atoms with Crippen LogP contribution in [-0.2, 0) is 4.79 Å². The minimum absolute atomic E-state index is 0.162. The number of benzene rings is 1. The van der Waals surface area contributed by atoms with Crippen molar-refractivity contribution < 1.29 is 14.0 Å². The molecule has 0 fully saturated rings. The zero-order valence-electron chi connectivity index (χ0n) is 12.1. The molecule has 0 saturated heterocycles. The van der Waals surface area contributed by atoms with Crippen LogP contribution in [0.4, 0.5) is 4.39 Å². The maximum Gasteiger partial charge on any atom is 0.335 e. The van der Waals surface area contributed by atoms with Gasteiger partial charge in [0.1, 0.15) is 5.82 Å². The van der Waals surface area contributed by atoms with Crippen LogP contribution in [0, 0.1) is 11.2 Å². The first-order valence-corrected chi connectivity index (χ1v) is 7.25. The van der Waals surface area contributed by atoms with Gasteiger partial charge in [0, 0.05) is 15.6 Å². The highest BCUT2D eigenvalue weighted by Crippen LogP contribution is 2.25. The molecule has 0 aliphatic heterocycles. The third-order valence-corrected chi connectivity index (χ3v) is 3.17. The third-order valence-electron chi connectivity index (χ3n) is 2.67. The molecule has 0 radical (unpaired) electrons. The second kappa shape index (κ2) is 5.97. The van der Waals surface area contributed by atoms with E-state index >= 15 is 0 Å². The Morgan fingerprint density at radius 1 is 1.43 bits per heavy atom. The van der Waals surface area contributed by atoms with Gasteiger partial charge in [0.15, 0.2) is 0 Å². The SMILES string of the molecule is CC(C)(C)CC(=O)On1cc(-c2ccc(Br)cc2F)cn1. The molecule has 0 saturated carbocycles. The Morgan fingerprint density at radius 2 is 2.14 bits per heavy atom. The summed E-state index contributed by atoms with van der Waals surface area (Å²) < 4.78 is 14.5. The third kappa shape index (κ3) is 4.39. The molecule has 6 heteroatoms. The fraction of sp³-hybridized carbons (Fsp3) is 0.333. The van der Waals surface area contributed by atoms with Gasteiger partial charge in [-0.3, -0.25) is 0 Å². The largest absolute Gasteiger partial charge is 0.335 e. The molecule has 1 aromatic carbocycles. The predicted octanol–water partition coefficient (Wildman–Crippen LogP) is 3.84. The van der Waals surface area contributed by atoms with Crippen LogP contribution in [0.3, 0.4) is 0 Å². The van der Waals surface area contributed by atoms with E-state index in [1.54, 1.807) is 12.1 Å². The number of carbonyl (C=O) groups excluding carboxylic acids is 1. The minimum Gasteiger partial charge on any atom is -0.319 e. The lowest BCUT2D eigenvalue weighted by molar-refractivity contribution is -0.147. The Kier molecular flexibility index (Phi) is 4.46. The molecule has 1 aromatic heterocycles. The van der Waals surface area contributed by atoms with Crippen molar-refractivity contribution in [2.75, 3.05) is 0 Å². The van der Waals surface area contributed by atoms with Crippen molar-refractivity contribution in [3.63, 3.8) is 0 Å². The van der Waals surface area contributed by atoms with Crippen LogP contribution in [0.2, 0.25) is 0 Å². The summed E-state index contributed by atoms with van der Waals surface area (Å²) in [5.41, 5.74) is 0.783. The van der Waals surface area contributed by atoms with Crippen molar-refractivity contribution in [3.05, 3.63) is 40.9 Å². The second-order valence-electron chi connectivity index (χ2n) is 5.96. The zero-order valence-corrected chi connectivity index (χ0v) is 13.6. The van der Waals surface area contributed by atoms with Gasteiger partial charge < -0.3 is 4.84 Å². The molecule has 0 aliphatic carbocycles. The molecule has 0 aliphatic rings. The average molecular weight is 355 g/mol. The van der Waals surface area contributed by atoms with Crippen molar-refractivity contribution in [1.29, 1.82) is 0 Å². The molecular weight excluding hydrogens is 339 g/mol. The number of carbonyl (C=O) groups is 1. The van der Waals surface area contributed by atoms with Crippen molar-refractivity contribution >= 4 is 21.9 Å². The molecule has 0 atom stereocenters. The molecule has 4 nitrogen and oxygen atoms in total. The number of hydrogen-bond acceptors (Lipinski definition) is 3. The molecule has 0 bridgehead atoms. The fourth-order valence-corrected chi connectivity index (χ4v) is 2.12. The van der Waals surface area contributed by atoms with Gasteiger partial charge in [0.05, 0.1) is 18.8 Å². The Labute approximate surface area is 131 Å². The van der Waals surface area contributed by atoms with Crippen molar-refractivity contribution in [2.24, 2.45) is 5.41 Å². The van der Waals surface area contributed by atoms with Gasteiger partial charge in [-0.1, -0.05) is 47.6 Å². The van der Waals surface area contributed by atoms with Crippen LogP contribution in [-0.4, -0.2) is 15.9 Å². The number of halogens is 2. The summed E-state index contributed by atoms with van der Waals surface area (Å²) in [6, 6.07) is 4.75. The van der Waals surface area contributed by atoms with Gasteiger partial charge in [-0.05, 0) is 17.5 Å². The van der Waals surface area contributed by atoms with Gasteiger partial charge >= 0.3 is 5.97 Å². The van der Waals surface area contributed by atoms with E-state index < -0.39 is 0 Å². The molecule has 2 rings (SSSR count). The van der Waals surface area contributed by atoms with Crippen LogP contribution >= 0.6 is 15.9 Å². The van der Waals surface area contributed by atoms with Gasteiger partial charge in [0.2, 0.25) is 0 Å². The van der Waals surface area contributed by atoms with Crippen molar-refractivity contribution in [3.8, 4) is 11.1 Å².